The highest BCUT2D eigenvalue weighted by molar-refractivity contribution is 7.99. The smallest absolute Gasteiger partial charge is 0.313 e. The van der Waals surface area contributed by atoms with Crippen LogP contribution in [-0.4, -0.2) is 38.3 Å². The maximum atomic E-state index is 11.5. The second-order valence-electron chi connectivity index (χ2n) is 4.06. The molecule has 18 heavy (non-hydrogen) atoms. The van der Waals surface area contributed by atoms with Gasteiger partial charge in [0.2, 0.25) is 5.91 Å². The lowest BCUT2D eigenvalue weighted by molar-refractivity contribution is -0.134. The molecule has 1 heterocycles. The van der Waals surface area contributed by atoms with E-state index in [0.717, 1.165) is 11.8 Å². The summed E-state index contributed by atoms with van der Waals surface area (Å²) in [4.78, 5) is 26.0. The number of aromatic nitrogens is 2. The lowest BCUT2D eigenvalue weighted by Gasteiger charge is -2.09. The van der Waals surface area contributed by atoms with Crippen molar-refractivity contribution in [3.8, 4) is 0 Å². The summed E-state index contributed by atoms with van der Waals surface area (Å²) in [5.41, 5.74) is 0. The summed E-state index contributed by atoms with van der Waals surface area (Å²) in [7, 11) is 0. The van der Waals surface area contributed by atoms with E-state index in [2.05, 4.69) is 10.3 Å². The number of amides is 1. The molecule has 0 spiro atoms. The summed E-state index contributed by atoms with van der Waals surface area (Å²) in [5, 5.41) is 12.0. The molecular weight excluding hydrogens is 254 g/mol. The minimum atomic E-state index is -0.882. The molecule has 0 atom stereocenters. The Hall–Kier alpha value is -1.50. The van der Waals surface area contributed by atoms with E-state index >= 15 is 0 Å². The molecule has 6 nitrogen and oxygen atoms in total. The molecule has 100 valence electrons. The second-order valence-corrected chi connectivity index (χ2v) is 5.00. The van der Waals surface area contributed by atoms with Crippen LogP contribution in [-0.2, 0) is 16.1 Å². The van der Waals surface area contributed by atoms with Crippen LogP contribution >= 0.6 is 11.8 Å². The largest absolute Gasteiger partial charge is 0.481 e. The average Bonchev–Trinajstić information content (AvgIpc) is 2.70. The fourth-order valence-electron chi connectivity index (χ4n) is 1.35. The number of hydrogen-bond donors (Lipinski definition) is 2. The zero-order valence-electron chi connectivity index (χ0n) is 10.4. The van der Waals surface area contributed by atoms with Crippen molar-refractivity contribution in [2.24, 2.45) is 0 Å². The van der Waals surface area contributed by atoms with E-state index in [1.54, 1.807) is 17.0 Å². The molecule has 1 rings (SSSR count). The van der Waals surface area contributed by atoms with Gasteiger partial charge >= 0.3 is 5.97 Å². The van der Waals surface area contributed by atoms with Gasteiger partial charge in [-0.15, -0.1) is 0 Å². The van der Waals surface area contributed by atoms with Gasteiger partial charge in [0, 0.05) is 31.4 Å². The van der Waals surface area contributed by atoms with Crippen LogP contribution in [0.15, 0.2) is 17.6 Å². The Balaban J connectivity index is 2.45. The van der Waals surface area contributed by atoms with E-state index in [-0.39, 0.29) is 17.7 Å². The average molecular weight is 271 g/mol. The molecule has 0 bridgehead atoms. The van der Waals surface area contributed by atoms with Gasteiger partial charge in [0.25, 0.3) is 0 Å². The van der Waals surface area contributed by atoms with Crippen LogP contribution < -0.4 is 5.32 Å². The Morgan fingerprint density at radius 2 is 2.28 bits per heavy atom. The van der Waals surface area contributed by atoms with Crippen LogP contribution in [0.3, 0.4) is 0 Å². The van der Waals surface area contributed by atoms with Gasteiger partial charge in [0.05, 0.1) is 5.75 Å². The topological polar surface area (TPSA) is 84.2 Å². The number of imidazole rings is 1. The van der Waals surface area contributed by atoms with Gasteiger partial charge in [0.1, 0.15) is 0 Å². The van der Waals surface area contributed by atoms with Crippen LogP contribution in [0, 0.1) is 0 Å². The second kappa shape index (κ2) is 7.05. The van der Waals surface area contributed by atoms with Gasteiger partial charge in [-0.3, -0.25) is 9.59 Å². The first-order chi connectivity index (χ1) is 8.49. The molecule has 0 radical (unpaired) electrons. The molecule has 0 aliphatic rings. The number of carbonyl (C=O) groups is 2. The van der Waals surface area contributed by atoms with Crippen LogP contribution in [0.2, 0.25) is 0 Å². The fraction of sp³-hybridized carbons (Fsp3) is 0.545. The van der Waals surface area contributed by atoms with Gasteiger partial charge in [0.15, 0.2) is 5.16 Å². The Morgan fingerprint density at radius 3 is 2.89 bits per heavy atom. The third-order valence-corrected chi connectivity index (χ3v) is 3.02. The maximum absolute atomic E-state index is 11.5. The molecule has 0 saturated carbocycles. The number of aryl methyl sites for hydroxylation is 1. The van der Waals surface area contributed by atoms with Crippen molar-refractivity contribution in [2.45, 2.75) is 38.0 Å². The number of rotatable bonds is 7. The molecule has 2 N–H and O–H groups in total. The van der Waals surface area contributed by atoms with Gasteiger partial charge < -0.3 is 15.0 Å². The van der Waals surface area contributed by atoms with E-state index in [4.69, 9.17) is 5.11 Å². The first kappa shape index (κ1) is 14.6. The van der Waals surface area contributed by atoms with E-state index < -0.39 is 5.97 Å². The predicted octanol–water partition coefficient (Wildman–Crippen LogP) is 0.974. The normalized spacial score (nSPS) is 10.6. The Bertz CT molecular complexity index is 417. The molecule has 0 aromatic carbocycles. The monoisotopic (exact) mass is 271 g/mol. The number of hydrogen-bond acceptors (Lipinski definition) is 4. The zero-order valence-corrected chi connectivity index (χ0v) is 11.2. The minimum Gasteiger partial charge on any atom is -0.481 e. The van der Waals surface area contributed by atoms with Crippen LogP contribution in [0.25, 0.3) is 0 Å². The number of carboxylic acids is 1. The van der Waals surface area contributed by atoms with Crippen LogP contribution in [0.4, 0.5) is 0 Å². The fourth-order valence-corrected chi connectivity index (χ4v) is 2.05. The highest BCUT2D eigenvalue weighted by atomic mass is 32.2. The molecular formula is C11H17N3O3S. The standard InChI is InChI=1S/C11H17N3O3S/c1-8(2)13-9(15)3-5-14-6-4-12-11(14)18-7-10(16)17/h4,6,8H,3,5,7H2,1-2H3,(H,13,15)(H,16,17). The van der Waals surface area contributed by atoms with Crippen LogP contribution in [0.1, 0.15) is 20.3 Å². The van der Waals surface area contributed by atoms with Gasteiger partial charge in [-0.1, -0.05) is 11.8 Å². The zero-order chi connectivity index (χ0) is 13.5. The highest BCUT2D eigenvalue weighted by Gasteiger charge is 2.08. The molecule has 0 aliphatic heterocycles. The highest BCUT2D eigenvalue weighted by Crippen LogP contribution is 2.15. The number of carboxylic acid groups (broad SMARTS) is 1. The van der Waals surface area contributed by atoms with E-state index in [9.17, 15) is 9.59 Å². The van der Waals surface area contributed by atoms with Crippen molar-refractivity contribution in [3.05, 3.63) is 12.4 Å². The quantitative estimate of drug-likeness (QED) is 0.722. The van der Waals surface area contributed by atoms with Crippen molar-refractivity contribution < 1.29 is 14.7 Å². The maximum Gasteiger partial charge on any atom is 0.313 e. The van der Waals surface area contributed by atoms with E-state index in [1.807, 2.05) is 13.8 Å². The number of nitrogens with one attached hydrogen (secondary N) is 1. The Labute approximate surface area is 110 Å². The SMILES string of the molecule is CC(C)NC(=O)CCn1ccnc1SCC(=O)O. The summed E-state index contributed by atoms with van der Waals surface area (Å²) in [6, 6.07) is 0.126. The minimum absolute atomic E-state index is 0.0205. The summed E-state index contributed by atoms with van der Waals surface area (Å²) in [5.74, 6) is -0.935. The number of carbonyl (C=O) groups excluding carboxylic acids is 1. The summed E-state index contributed by atoms with van der Waals surface area (Å²) >= 11 is 1.15. The van der Waals surface area contributed by atoms with Crippen LogP contribution in [0.5, 0.6) is 0 Å². The number of nitrogens with zero attached hydrogens (tertiary/aromatic N) is 2. The number of aliphatic carboxylic acids is 1. The molecule has 0 saturated heterocycles. The predicted molar refractivity (Wildman–Crippen MR) is 68.5 cm³/mol. The van der Waals surface area contributed by atoms with Crippen molar-refractivity contribution in [1.29, 1.82) is 0 Å². The number of thioether (sulfide) groups is 1. The lowest BCUT2D eigenvalue weighted by Crippen LogP contribution is -2.30. The van der Waals surface area contributed by atoms with Crippen molar-refractivity contribution >= 4 is 23.6 Å². The van der Waals surface area contributed by atoms with E-state index in [0.29, 0.717) is 18.1 Å². The molecule has 1 amide bonds. The summed E-state index contributed by atoms with van der Waals surface area (Å²) < 4.78 is 1.79. The summed E-state index contributed by atoms with van der Waals surface area (Å²) in [6.07, 6.45) is 3.70. The Kier molecular flexibility index (Phi) is 5.70. The van der Waals surface area contributed by atoms with Gasteiger partial charge in [-0.05, 0) is 13.8 Å². The third kappa shape index (κ3) is 5.22. The van der Waals surface area contributed by atoms with Gasteiger partial charge in [-0.2, -0.15) is 0 Å². The molecule has 1 aromatic heterocycles. The molecule has 0 unspecified atom stereocenters. The molecule has 0 fully saturated rings. The first-order valence-corrected chi connectivity index (χ1v) is 6.62. The van der Waals surface area contributed by atoms with Gasteiger partial charge in [-0.25, -0.2) is 4.98 Å². The third-order valence-electron chi connectivity index (χ3n) is 2.03. The van der Waals surface area contributed by atoms with Crippen molar-refractivity contribution in [3.63, 3.8) is 0 Å². The van der Waals surface area contributed by atoms with Crippen molar-refractivity contribution in [2.75, 3.05) is 5.75 Å². The Morgan fingerprint density at radius 1 is 1.56 bits per heavy atom. The summed E-state index contributed by atoms with van der Waals surface area (Å²) in [6.45, 7) is 4.31. The van der Waals surface area contributed by atoms with Crippen molar-refractivity contribution in [1.82, 2.24) is 14.9 Å². The molecule has 0 aliphatic carbocycles. The lowest BCUT2D eigenvalue weighted by atomic mass is 10.3. The van der Waals surface area contributed by atoms with E-state index in [1.165, 1.54) is 0 Å². The molecule has 7 heteroatoms. The first-order valence-electron chi connectivity index (χ1n) is 5.64. The molecule has 1 aromatic rings.